The van der Waals surface area contributed by atoms with Gasteiger partial charge >= 0.3 is 5.97 Å². The highest BCUT2D eigenvalue weighted by Gasteiger charge is 2.15. The molecule has 0 heterocycles. The lowest BCUT2D eigenvalue weighted by molar-refractivity contribution is -0.140. The van der Waals surface area contributed by atoms with Crippen LogP contribution in [0.5, 0.6) is 5.75 Å². The molecule has 0 N–H and O–H groups in total. The molecule has 0 unspecified atom stereocenters. The summed E-state index contributed by atoms with van der Waals surface area (Å²) in [5.74, 6) is -0.622. The number of carbonyl (C=O) groups is 3. The molecule has 0 spiro atoms. The van der Waals surface area contributed by atoms with E-state index in [0.29, 0.717) is 11.3 Å². The van der Waals surface area contributed by atoms with Crippen molar-refractivity contribution < 1.29 is 19.1 Å². The summed E-state index contributed by atoms with van der Waals surface area (Å²) in [4.78, 5) is 37.5. The molecule has 1 aromatic carbocycles. The molecule has 6 heteroatoms. The van der Waals surface area contributed by atoms with E-state index in [4.69, 9.17) is 4.74 Å². The summed E-state index contributed by atoms with van der Waals surface area (Å²) in [6.45, 7) is 3.01. The zero-order chi connectivity index (χ0) is 16.2. The lowest BCUT2D eigenvalue weighted by Gasteiger charge is -2.15. The predicted octanol–water partition coefficient (Wildman–Crippen LogP) is 1.08. The van der Waals surface area contributed by atoms with Crippen LogP contribution in [-0.2, 0) is 9.59 Å². The first-order valence-electron chi connectivity index (χ1n) is 6.47. The number of rotatable bonds is 4. The summed E-state index contributed by atoms with van der Waals surface area (Å²) in [5.41, 5.74) is 1.18. The smallest absolute Gasteiger partial charge is 0.331 e. The highest BCUT2D eigenvalue weighted by Crippen LogP contribution is 2.20. The monoisotopic (exact) mass is 292 g/mol. The molecule has 114 valence electrons. The largest absolute Gasteiger partial charge is 0.425 e. The second kappa shape index (κ2) is 6.88. The third-order valence-electron chi connectivity index (χ3n) is 2.97. The van der Waals surface area contributed by atoms with Gasteiger partial charge in [-0.1, -0.05) is 6.07 Å². The molecule has 0 bridgehead atoms. The number of benzene rings is 1. The molecule has 0 aliphatic heterocycles. The number of ether oxygens (including phenoxy) is 1. The standard InChI is InChI=1S/C15H20N2O4/c1-10-6-7-12(15(20)16(3)4)8-13(10)21-14(19)9-17(5)11(2)18/h6-8H,9H2,1-5H3. The van der Waals surface area contributed by atoms with Gasteiger partial charge in [-0.15, -0.1) is 0 Å². The normalized spacial score (nSPS) is 9.95. The van der Waals surface area contributed by atoms with E-state index in [0.717, 1.165) is 5.56 Å². The lowest BCUT2D eigenvalue weighted by Crippen LogP contribution is -2.32. The Hall–Kier alpha value is -2.37. The molecule has 0 atom stereocenters. The highest BCUT2D eigenvalue weighted by atomic mass is 16.5. The van der Waals surface area contributed by atoms with Gasteiger partial charge in [0, 0.05) is 33.6 Å². The molecule has 21 heavy (non-hydrogen) atoms. The van der Waals surface area contributed by atoms with E-state index in [2.05, 4.69) is 0 Å². The van der Waals surface area contributed by atoms with Gasteiger partial charge in [0.05, 0.1) is 0 Å². The van der Waals surface area contributed by atoms with Crippen LogP contribution in [0.15, 0.2) is 18.2 Å². The zero-order valence-corrected chi connectivity index (χ0v) is 13.0. The van der Waals surface area contributed by atoms with Crippen molar-refractivity contribution in [3.05, 3.63) is 29.3 Å². The molecule has 0 saturated heterocycles. The second-order valence-corrected chi connectivity index (χ2v) is 5.03. The van der Waals surface area contributed by atoms with E-state index >= 15 is 0 Å². The lowest BCUT2D eigenvalue weighted by atomic mass is 10.1. The number of esters is 1. The molecule has 1 aromatic rings. The number of likely N-dealkylation sites (N-methyl/N-ethyl adjacent to an activating group) is 1. The van der Waals surface area contributed by atoms with Crippen molar-refractivity contribution in [3.8, 4) is 5.75 Å². The van der Waals surface area contributed by atoms with Crippen LogP contribution in [-0.4, -0.2) is 55.3 Å². The third-order valence-corrected chi connectivity index (χ3v) is 2.97. The maximum atomic E-state index is 11.9. The van der Waals surface area contributed by atoms with E-state index in [1.165, 1.54) is 29.8 Å². The summed E-state index contributed by atoms with van der Waals surface area (Å²) in [5, 5.41) is 0. The number of aryl methyl sites for hydroxylation is 1. The van der Waals surface area contributed by atoms with Crippen LogP contribution in [0.25, 0.3) is 0 Å². The fourth-order valence-electron chi connectivity index (χ4n) is 1.56. The number of hydrogen-bond acceptors (Lipinski definition) is 4. The van der Waals surface area contributed by atoms with Gasteiger partial charge in [0.15, 0.2) is 0 Å². The van der Waals surface area contributed by atoms with Crippen molar-refractivity contribution in [2.75, 3.05) is 27.7 Å². The van der Waals surface area contributed by atoms with Crippen molar-refractivity contribution in [2.24, 2.45) is 0 Å². The van der Waals surface area contributed by atoms with E-state index in [1.807, 2.05) is 0 Å². The minimum atomic E-state index is -0.551. The Bertz CT molecular complexity index is 567. The van der Waals surface area contributed by atoms with Gasteiger partial charge in [-0.2, -0.15) is 0 Å². The molecule has 0 radical (unpaired) electrons. The summed E-state index contributed by atoms with van der Waals surface area (Å²) in [7, 11) is 4.81. The molecule has 6 nitrogen and oxygen atoms in total. The Labute approximate surface area is 124 Å². The Morgan fingerprint density at radius 2 is 1.76 bits per heavy atom. The van der Waals surface area contributed by atoms with Crippen molar-refractivity contribution in [2.45, 2.75) is 13.8 Å². The zero-order valence-electron chi connectivity index (χ0n) is 13.0. The van der Waals surface area contributed by atoms with E-state index in [1.54, 1.807) is 33.2 Å². The van der Waals surface area contributed by atoms with Gasteiger partial charge in [0.1, 0.15) is 12.3 Å². The average molecular weight is 292 g/mol. The molecule has 0 aromatic heterocycles. The first-order chi connectivity index (χ1) is 9.72. The maximum absolute atomic E-state index is 11.9. The van der Waals surface area contributed by atoms with Crippen LogP contribution >= 0.6 is 0 Å². The fraction of sp³-hybridized carbons (Fsp3) is 0.400. The number of amides is 2. The van der Waals surface area contributed by atoms with Crippen LogP contribution in [0, 0.1) is 6.92 Å². The molecule has 1 rings (SSSR count). The van der Waals surface area contributed by atoms with Crippen molar-refractivity contribution in [1.29, 1.82) is 0 Å². The summed E-state index contributed by atoms with van der Waals surface area (Å²) in [6.07, 6.45) is 0. The van der Waals surface area contributed by atoms with Crippen molar-refractivity contribution in [1.82, 2.24) is 9.80 Å². The Balaban J connectivity index is 2.88. The Morgan fingerprint density at radius 1 is 1.14 bits per heavy atom. The minimum absolute atomic E-state index is 0.138. The quantitative estimate of drug-likeness (QED) is 0.615. The summed E-state index contributed by atoms with van der Waals surface area (Å²) in [6, 6.07) is 4.92. The molecule has 0 aliphatic rings. The number of hydrogen-bond donors (Lipinski definition) is 0. The molecule has 0 aliphatic carbocycles. The number of carbonyl (C=O) groups excluding carboxylic acids is 3. The van der Waals surface area contributed by atoms with Gasteiger partial charge in [0.25, 0.3) is 5.91 Å². The topological polar surface area (TPSA) is 66.9 Å². The van der Waals surface area contributed by atoms with Gasteiger partial charge in [-0.25, -0.2) is 4.79 Å². The van der Waals surface area contributed by atoms with Crippen LogP contribution in [0.3, 0.4) is 0 Å². The molecular formula is C15H20N2O4. The molecule has 0 saturated carbocycles. The highest BCUT2D eigenvalue weighted by molar-refractivity contribution is 5.94. The van der Waals surface area contributed by atoms with Crippen molar-refractivity contribution >= 4 is 17.8 Å². The van der Waals surface area contributed by atoms with Crippen LogP contribution < -0.4 is 4.74 Å². The third kappa shape index (κ3) is 4.59. The van der Waals surface area contributed by atoms with Crippen LogP contribution in [0.2, 0.25) is 0 Å². The fourth-order valence-corrected chi connectivity index (χ4v) is 1.56. The Morgan fingerprint density at radius 3 is 2.29 bits per heavy atom. The van der Waals surface area contributed by atoms with Gasteiger partial charge in [0.2, 0.25) is 5.91 Å². The first-order valence-corrected chi connectivity index (χ1v) is 6.47. The van der Waals surface area contributed by atoms with Gasteiger partial charge in [-0.05, 0) is 24.6 Å². The van der Waals surface area contributed by atoms with Gasteiger partial charge < -0.3 is 14.5 Å². The van der Waals surface area contributed by atoms with E-state index in [-0.39, 0.29) is 18.4 Å². The summed E-state index contributed by atoms with van der Waals surface area (Å²) < 4.78 is 5.23. The molecular weight excluding hydrogens is 272 g/mol. The minimum Gasteiger partial charge on any atom is -0.425 e. The predicted molar refractivity (Wildman–Crippen MR) is 78.1 cm³/mol. The molecule has 0 fully saturated rings. The summed E-state index contributed by atoms with van der Waals surface area (Å²) >= 11 is 0. The van der Waals surface area contributed by atoms with E-state index in [9.17, 15) is 14.4 Å². The van der Waals surface area contributed by atoms with Gasteiger partial charge in [-0.3, -0.25) is 9.59 Å². The SMILES string of the molecule is CC(=O)N(C)CC(=O)Oc1cc(C(=O)N(C)C)ccc1C. The maximum Gasteiger partial charge on any atom is 0.331 e. The van der Waals surface area contributed by atoms with E-state index < -0.39 is 5.97 Å². The Kier molecular flexibility index (Phi) is 5.46. The second-order valence-electron chi connectivity index (χ2n) is 5.03. The average Bonchev–Trinajstić information content (AvgIpc) is 2.40. The van der Waals surface area contributed by atoms with Crippen LogP contribution in [0.4, 0.5) is 0 Å². The first kappa shape index (κ1) is 16.7. The van der Waals surface area contributed by atoms with Crippen LogP contribution in [0.1, 0.15) is 22.8 Å². The van der Waals surface area contributed by atoms with Crippen molar-refractivity contribution in [3.63, 3.8) is 0 Å². The number of nitrogens with zero attached hydrogens (tertiary/aromatic N) is 2. The molecule has 2 amide bonds.